The minimum absolute atomic E-state index is 0.452. The molecule has 0 N–H and O–H groups in total. The molecule has 3 rings (SSSR count). The lowest BCUT2D eigenvalue weighted by Gasteiger charge is -2.11. The SMILES string of the molecule is Clc1cc(C2CCCC2)nc(-c2cccc(Cl)c2Cl)n1. The maximum absolute atomic E-state index is 6.24. The van der Waals surface area contributed by atoms with Gasteiger partial charge in [0.15, 0.2) is 5.82 Å². The van der Waals surface area contributed by atoms with Crippen LogP contribution in [-0.4, -0.2) is 9.97 Å². The molecule has 2 aromatic rings. The molecule has 0 aliphatic heterocycles. The molecule has 20 heavy (non-hydrogen) atoms. The van der Waals surface area contributed by atoms with Crippen molar-refractivity contribution >= 4 is 34.8 Å². The first-order chi connectivity index (χ1) is 9.65. The Morgan fingerprint density at radius 3 is 2.50 bits per heavy atom. The van der Waals surface area contributed by atoms with Crippen molar-refractivity contribution in [3.63, 3.8) is 0 Å². The number of benzene rings is 1. The third-order valence-corrected chi connectivity index (χ3v) is 4.69. The lowest BCUT2D eigenvalue weighted by Crippen LogP contribution is -2.00. The van der Waals surface area contributed by atoms with Crippen molar-refractivity contribution in [2.45, 2.75) is 31.6 Å². The van der Waals surface area contributed by atoms with Gasteiger partial charge in [-0.05, 0) is 31.0 Å². The van der Waals surface area contributed by atoms with E-state index in [0.717, 1.165) is 24.1 Å². The Hall–Kier alpha value is -0.830. The highest BCUT2D eigenvalue weighted by molar-refractivity contribution is 6.43. The monoisotopic (exact) mass is 326 g/mol. The molecule has 0 unspecified atom stereocenters. The zero-order chi connectivity index (χ0) is 14.1. The number of aromatic nitrogens is 2. The first kappa shape index (κ1) is 14.1. The van der Waals surface area contributed by atoms with Crippen LogP contribution < -0.4 is 0 Å². The van der Waals surface area contributed by atoms with Crippen molar-refractivity contribution in [2.75, 3.05) is 0 Å². The summed E-state index contributed by atoms with van der Waals surface area (Å²) in [6, 6.07) is 7.30. The van der Waals surface area contributed by atoms with Gasteiger partial charge in [0.2, 0.25) is 0 Å². The third kappa shape index (κ3) is 2.78. The number of hydrogen-bond acceptors (Lipinski definition) is 2. The van der Waals surface area contributed by atoms with Gasteiger partial charge in [-0.3, -0.25) is 0 Å². The fourth-order valence-electron chi connectivity index (χ4n) is 2.66. The van der Waals surface area contributed by atoms with E-state index in [4.69, 9.17) is 34.8 Å². The number of rotatable bonds is 2. The summed E-state index contributed by atoms with van der Waals surface area (Å²) in [7, 11) is 0. The van der Waals surface area contributed by atoms with Crippen LogP contribution in [0.5, 0.6) is 0 Å². The number of nitrogens with zero attached hydrogens (tertiary/aromatic N) is 2. The second kappa shape index (κ2) is 5.88. The summed E-state index contributed by atoms with van der Waals surface area (Å²) in [5.41, 5.74) is 1.73. The van der Waals surface area contributed by atoms with Gasteiger partial charge < -0.3 is 0 Å². The van der Waals surface area contributed by atoms with Crippen molar-refractivity contribution < 1.29 is 0 Å². The molecule has 0 saturated heterocycles. The van der Waals surface area contributed by atoms with Crippen LogP contribution in [0.2, 0.25) is 15.2 Å². The summed E-state index contributed by atoms with van der Waals surface area (Å²) in [5, 5.41) is 1.41. The van der Waals surface area contributed by atoms with Crippen LogP contribution in [-0.2, 0) is 0 Å². The summed E-state index contributed by atoms with van der Waals surface area (Å²) in [6.07, 6.45) is 4.82. The molecule has 1 fully saturated rings. The van der Waals surface area contributed by atoms with Gasteiger partial charge in [0.1, 0.15) is 5.15 Å². The Kier molecular flexibility index (Phi) is 4.16. The zero-order valence-electron chi connectivity index (χ0n) is 10.7. The van der Waals surface area contributed by atoms with Gasteiger partial charge in [-0.15, -0.1) is 0 Å². The maximum atomic E-state index is 6.24. The van der Waals surface area contributed by atoms with Crippen LogP contribution in [0.3, 0.4) is 0 Å². The Labute approximate surface area is 133 Å². The van der Waals surface area contributed by atoms with Crippen LogP contribution in [0, 0.1) is 0 Å². The topological polar surface area (TPSA) is 25.8 Å². The molecule has 1 aliphatic carbocycles. The van der Waals surface area contributed by atoms with E-state index >= 15 is 0 Å². The fraction of sp³-hybridized carbons (Fsp3) is 0.333. The molecule has 0 amide bonds. The summed E-state index contributed by atoms with van der Waals surface area (Å²) < 4.78 is 0. The highest BCUT2D eigenvalue weighted by Crippen LogP contribution is 2.36. The molecule has 1 aromatic carbocycles. The molecule has 1 aliphatic rings. The van der Waals surface area contributed by atoms with Gasteiger partial charge in [-0.25, -0.2) is 9.97 Å². The summed E-state index contributed by atoms with van der Waals surface area (Å²) >= 11 is 18.4. The molecule has 2 nitrogen and oxygen atoms in total. The van der Waals surface area contributed by atoms with Gasteiger partial charge in [-0.1, -0.05) is 53.7 Å². The molecule has 0 atom stereocenters. The quantitative estimate of drug-likeness (QED) is 0.655. The van der Waals surface area contributed by atoms with Gasteiger partial charge in [-0.2, -0.15) is 0 Å². The van der Waals surface area contributed by atoms with E-state index in [9.17, 15) is 0 Å². The predicted octanol–water partition coefficient (Wildman–Crippen LogP) is 5.76. The van der Waals surface area contributed by atoms with Crippen molar-refractivity contribution in [3.8, 4) is 11.4 Å². The molecule has 5 heteroatoms. The molecule has 1 saturated carbocycles. The van der Waals surface area contributed by atoms with Crippen LogP contribution in [0.15, 0.2) is 24.3 Å². The van der Waals surface area contributed by atoms with Crippen molar-refractivity contribution in [1.29, 1.82) is 0 Å². The number of hydrogen-bond donors (Lipinski definition) is 0. The molecule has 1 aromatic heterocycles. The first-order valence-electron chi connectivity index (χ1n) is 6.64. The van der Waals surface area contributed by atoms with E-state index in [2.05, 4.69) is 9.97 Å². The minimum Gasteiger partial charge on any atom is -0.233 e. The van der Waals surface area contributed by atoms with Crippen LogP contribution in [0.25, 0.3) is 11.4 Å². The fourth-order valence-corrected chi connectivity index (χ4v) is 3.24. The normalized spacial score (nSPS) is 15.8. The minimum atomic E-state index is 0.452. The molecular weight excluding hydrogens is 315 g/mol. The Bertz CT molecular complexity index is 637. The van der Waals surface area contributed by atoms with Gasteiger partial charge in [0.05, 0.1) is 10.0 Å². The van der Waals surface area contributed by atoms with Gasteiger partial charge >= 0.3 is 0 Å². The highest BCUT2D eigenvalue weighted by atomic mass is 35.5. The van der Waals surface area contributed by atoms with Crippen molar-refractivity contribution in [1.82, 2.24) is 9.97 Å². The van der Waals surface area contributed by atoms with E-state index < -0.39 is 0 Å². The Morgan fingerprint density at radius 2 is 1.75 bits per heavy atom. The predicted molar refractivity (Wildman–Crippen MR) is 83.7 cm³/mol. The Balaban J connectivity index is 2.07. The highest BCUT2D eigenvalue weighted by Gasteiger charge is 2.20. The van der Waals surface area contributed by atoms with E-state index in [1.165, 1.54) is 12.8 Å². The molecule has 1 heterocycles. The summed E-state index contributed by atoms with van der Waals surface area (Å²) in [5.74, 6) is 1.03. The molecule has 0 radical (unpaired) electrons. The van der Waals surface area contributed by atoms with Crippen LogP contribution in [0.4, 0.5) is 0 Å². The first-order valence-corrected chi connectivity index (χ1v) is 7.77. The molecule has 0 bridgehead atoms. The van der Waals surface area contributed by atoms with Crippen LogP contribution in [0.1, 0.15) is 37.3 Å². The largest absolute Gasteiger partial charge is 0.233 e. The maximum Gasteiger partial charge on any atom is 0.162 e. The van der Waals surface area contributed by atoms with E-state index in [1.54, 1.807) is 6.07 Å². The Morgan fingerprint density at radius 1 is 1.00 bits per heavy atom. The van der Waals surface area contributed by atoms with E-state index in [0.29, 0.717) is 26.9 Å². The lowest BCUT2D eigenvalue weighted by molar-refractivity contribution is 0.695. The lowest BCUT2D eigenvalue weighted by atomic mass is 10.0. The summed E-state index contributed by atoms with van der Waals surface area (Å²) in [4.78, 5) is 8.94. The number of halogens is 3. The van der Waals surface area contributed by atoms with Crippen LogP contribution >= 0.6 is 34.8 Å². The molecule has 0 spiro atoms. The summed E-state index contributed by atoms with van der Waals surface area (Å²) in [6.45, 7) is 0. The standard InChI is InChI=1S/C15H13Cl3N2/c16-11-7-3-6-10(14(11)18)15-19-12(8-13(17)20-15)9-4-1-2-5-9/h3,6-9H,1-2,4-5H2. The van der Waals surface area contributed by atoms with E-state index in [-0.39, 0.29) is 0 Å². The second-order valence-electron chi connectivity index (χ2n) is 5.02. The average Bonchev–Trinajstić information content (AvgIpc) is 2.95. The molecule has 104 valence electrons. The average molecular weight is 328 g/mol. The van der Waals surface area contributed by atoms with Gasteiger partial charge in [0.25, 0.3) is 0 Å². The van der Waals surface area contributed by atoms with Gasteiger partial charge in [0, 0.05) is 17.2 Å². The van der Waals surface area contributed by atoms with Crippen molar-refractivity contribution in [3.05, 3.63) is 45.2 Å². The zero-order valence-corrected chi connectivity index (χ0v) is 13.0. The third-order valence-electron chi connectivity index (χ3n) is 3.68. The molecular formula is C15H13Cl3N2. The smallest absolute Gasteiger partial charge is 0.162 e. The van der Waals surface area contributed by atoms with E-state index in [1.807, 2.05) is 18.2 Å². The second-order valence-corrected chi connectivity index (χ2v) is 6.19. The van der Waals surface area contributed by atoms with Crippen molar-refractivity contribution in [2.24, 2.45) is 0 Å².